The molecule has 0 bridgehead atoms. The van der Waals surface area contributed by atoms with Gasteiger partial charge in [0.05, 0.1) is 0 Å². The predicted octanol–water partition coefficient (Wildman–Crippen LogP) is 1.68. The zero-order chi connectivity index (χ0) is 14.7. The van der Waals surface area contributed by atoms with Gasteiger partial charge in [-0.25, -0.2) is 15.8 Å². The molecule has 0 aromatic carbocycles. The first-order chi connectivity index (χ1) is 10.3. The maximum atomic E-state index is 6.07. The third-order valence-electron chi connectivity index (χ3n) is 4.45. The van der Waals surface area contributed by atoms with Crippen molar-refractivity contribution in [3.8, 4) is 0 Å². The Balaban J connectivity index is 2.03. The molecule has 0 radical (unpaired) electrons. The molecule has 6 heteroatoms. The summed E-state index contributed by atoms with van der Waals surface area (Å²) in [5.41, 5.74) is 4.63. The van der Waals surface area contributed by atoms with E-state index in [0.717, 1.165) is 43.0 Å². The number of nitrogen functional groups attached to an aromatic ring is 1. The second kappa shape index (κ2) is 6.25. The van der Waals surface area contributed by atoms with Gasteiger partial charge in [-0.3, -0.25) is 0 Å². The molecule has 0 spiro atoms. The molecule has 0 unspecified atom stereocenters. The lowest BCUT2D eigenvalue weighted by molar-refractivity contribution is -0.117. The standard InChI is InChI=1S/C15H24N4O2/c1-2-21-15(7-9-20-10-8-15)14-17-12-6-4-3-5-11(12)13(18-14)19-16/h2-10,16H2,1H3,(H,17,18,19). The van der Waals surface area contributed by atoms with Crippen molar-refractivity contribution in [2.45, 2.75) is 51.0 Å². The highest BCUT2D eigenvalue weighted by Gasteiger charge is 2.39. The molecule has 1 fully saturated rings. The van der Waals surface area contributed by atoms with Gasteiger partial charge >= 0.3 is 0 Å². The minimum absolute atomic E-state index is 0.426. The highest BCUT2D eigenvalue weighted by Crippen LogP contribution is 2.36. The van der Waals surface area contributed by atoms with Crippen molar-refractivity contribution in [3.05, 3.63) is 17.1 Å². The Morgan fingerprint density at radius 1 is 1.24 bits per heavy atom. The number of nitrogens with two attached hydrogens (primary N) is 1. The molecule has 3 N–H and O–H groups in total. The molecule has 2 aliphatic rings. The Kier molecular flexibility index (Phi) is 4.37. The van der Waals surface area contributed by atoms with Gasteiger partial charge in [-0.1, -0.05) is 0 Å². The van der Waals surface area contributed by atoms with Gasteiger partial charge < -0.3 is 14.9 Å². The molecule has 1 saturated heterocycles. The molecule has 21 heavy (non-hydrogen) atoms. The van der Waals surface area contributed by atoms with Crippen molar-refractivity contribution in [3.63, 3.8) is 0 Å². The molecule has 1 aliphatic heterocycles. The molecule has 3 rings (SSSR count). The average molecular weight is 292 g/mol. The summed E-state index contributed by atoms with van der Waals surface area (Å²) >= 11 is 0. The van der Waals surface area contributed by atoms with Crippen LogP contribution in [0.2, 0.25) is 0 Å². The van der Waals surface area contributed by atoms with E-state index in [0.29, 0.717) is 19.8 Å². The van der Waals surface area contributed by atoms with Gasteiger partial charge in [0, 0.05) is 43.9 Å². The van der Waals surface area contributed by atoms with Gasteiger partial charge in [-0.15, -0.1) is 0 Å². The first kappa shape index (κ1) is 14.7. The van der Waals surface area contributed by atoms with E-state index in [1.165, 1.54) is 18.4 Å². The molecule has 1 aromatic heterocycles. The highest BCUT2D eigenvalue weighted by atomic mass is 16.5. The monoisotopic (exact) mass is 292 g/mol. The molecule has 0 atom stereocenters. The first-order valence-corrected chi connectivity index (χ1v) is 7.87. The molecular weight excluding hydrogens is 268 g/mol. The number of aryl methyl sites for hydroxylation is 1. The number of anilines is 1. The minimum atomic E-state index is -0.426. The van der Waals surface area contributed by atoms with Crippen LogP contribution in [0.25, 0.3) is 0 Å². The second-order valence-corrected chi connectivity index (χ2v) is 5.71. The normalized spacial score (nSPS) is 20.9. The smallest absolute Gasteiger partial charge is 0.163 e. The summed E-state index contributed by atoms with van der Waals surface area (Å²) < 4.78 is 11.6. The average Bonchev–Trinajstić information content (AvgIpc) is 2.55. The summed E-state index contributed by atoms with van der Waals surface area (Å²) in [6.45, 7) is 4.03. The van der Waals surface area contributed by atoms with Gasteiger partial charge in [0.15, 0.2) is 5.82 Å². The van der Waals surface area contributed by atoms with Crippen molar-refractivity contribution in [2.75, 3.05) is 25.2 Å². The van der Waals surface area contributed by atoms with Crippen LogP contribution in [-0.2, 0) is 27.9 Å². The number of hydrogen-bond donors (Lipinski definition) is 2. The number of aromatic nitrogens is 2. The van der Waals surface area contributed by atoms with Crippen molar-refractivity contribution in [2.24, 2.45) is 5.84 Å². The largest absolute Gasteiger partial charge is 0.381 e. The third kappa shape index (κ3) is 2.75. The fourth-order valence-electron chi connectivity index (χ4n) is 3.33. The number of nitrogens with one attached hydrogen (secondary N) is 1. The van der Waals surface area contributed by atoms with Crippen LogP contribution in [0, 0.1) is 0 Å². The Labute approximate surface area is 125 Å². The molecular formula is C15H24N4O2. The molecule has 1 aliphatic carbocycles. The number of ether oxygens (including phenoxy) is 2. The van der Waals surface area contributed by atoms with Crippen LogP contribution < -0.4 is 11.3 Å². The maximum Gasteiger partial charge on any atom is 0.163 e. The number of hydrogen-bond acceptors (Lipinski definition) is 6. The Hall–Kier alpha value is -1.24. The number of rotatable bonds is 4. The molecule has 2 heterocycles. The molecule has 116 valence electrons. The predicted molar refractivity (Wildman–Crippen MR) is 79.8 cm³/mol. The fourth-order valence-corrected chi connectivity index (χ4v) is 3.33. The summed E-state index contributed by atoms with van der Waals surface area (Å²) in [6.07, 6.45) is 5.94. The Morgan fingerprint density at radius 2 is 2.00 bits per heavy atom. The van der Waals surface area contributed by atoms with E-state index in [1.807, 2.05) is 6.92 Å². The van der Waals surface area contributed by atoms with Crippen LogP contribution in [-0.4, -0.2) is 29.8 Å². The number of fused-ring (bicyclic) bond motifs is 1. The summed E-state index contributed by atoms with van der Waals surface area (Å²) in [6, 6.07) is 0. The lowest BCUT2D eigenvalue weighted by atomic mass is 9.91. The third-order valence-corrected chi connectivity index (χ3v) is 4.45. The summed E-state index contributed by atoms with van der Waals surface area (Å²) in [7, 11) is 0. The summed E-state index contributed by atoms with van der Waals surface area (Å²) in [5.74, 6) is 7.21. The Morgan fingerprint density at radius 3 is 2.71 bits per heavy atom. The number of nitrogens with zero attached hydrogens (tertiary/aromatic N) is 2. The fraction of sp³-hybridized carbons (Fsp3) is 0.733. The van der Waals surface area contributed by atoms with E-state index in [-0.39, 0.29) is 0 Å². The van der Waals surface area contributed by atoms with Gasteiger partial charge in [-0.2, -0.15) is 0 Å². The van der Waals surface area contributed by atoms with Crippen LogP contribution in [0.1, 0.15) is 49.7 Å². The van der Waals surface area contributed by atoms with E-state index in [1.54, 1.807) is 0 Å². The molecule has 6 nitrogen and oxygen atoms in total. The van der Waals surface area contributed by atoms with E-state index in [9.17, 15) is 0 Å². The molecule has 1 aromatic rings. The first-order valence-electron chi connectivity index (χ1n) is 7.87. The quantitative estimate of drug-likeness (QED) is 0.649. The van der Waals surface area contributed by atoms with Crippen molar-refractivity contribution >= 4 is 5.82 Å². The van der Waals surface area contributed by atoms with E-state index >= 15 is 0 Å². The lowest BCUT2D eigenvalue weighted by Crippen LogP contribution is -2.39. The van der Waals surface area contributed by atoms with Crippen LogP contribution >= 0.6 is 0 Å². The van der Waals surface area contributed by atoms with Crippen molar-refractivity contribution in [1.29, 1.82) is 0 Å². The number of hydrazine groups is 1. The van der Waals surface area contributed by atoms with Crippen LogP contribution in [0.3, 0.4) is 0 Å². The molecule has 0 saturated carbocycles. The van der Waals surface area contributed by atoms with Gasteiger partial charge in [0.1, 0.15) is 11.4 Å². The van der Waals surface area contributed by atoms with Crippen molar-refractivity contribution < 1.29 is 9.47 Å². The lowest BCUT2D eigenvalue weighted by Gasteiger charge is -2.36. The topological polar surface area (TPSA) is 82.3 Å². The minimum Gasteiger partial charge on any atom is -0.381 e. The second-order valence-electron chi connectivity index (χ2n) is 5.71. The van der Waals surface area contributed by atoms with Crippen LogP contribution in [0.5, 0.6) is 0 Å². The SMILES string of the molecule is CCOC1(c2nc3c(c(NN)n2)CCCC3)CCOCC1. The zero-order valence-corrected chi connectivity index (χ0v) is 12.7. The van der Waals surface area contributed by atoms with E-state index < -0.39 is 5.60 Å². The zero-order valence-electron chi connectivity index (χ0n) is 12.7. The van der Waals surface area contributed by atoms with Gasteiger partial charge in [0.25, 0.3) is 0 Å². The van der Waals surface area contributed by atoms with Crippen LogP contribution in [0.4, 0.5) is 5.82 Å². The Bertz CT molecular complexity index is 478. The van der Waals surface area contributed by atoms with Crippen LogP contribution in [0.15, 0.2) is 0 Å². The summed E-state index contributed by atoms with van der Waals surface area (Å²) in [4.78, 5) is 9.54. The van der Waals surface area contributed by atoms with Gasteiger partial charge in [0.2, 0.25) is 0 Å². The van der Waals surface area contributed by atoms with Gasteiger partial charge in [-0.05, 0) is 32.6 Å². The summed E-state index contributed by atoms with van der Waals surface area (Å²) in [5, 5.41) is 0. The van der Waals surface area contributed by atoms with E-state index in [4.69, 9.17) is 25.3 Å². The van der Waals surface area contributed by atoms with E-state index in [2.05, 4.69) is 5.43 Å². The maximum absolute atomic E-state index is 6.07. The highest BCUT2D eigenvalue weighted by molar-refractivity contribution is 5.47. The molecule has 0 amide bonds. The van der Waals surface area contributed by atoms with Crippen molar-refractivity contribution in [1.82, 2.24) is 9.97 Å².